The fourth-order valence-electron chi connectivity index (χ4n) is 2.59. The molecule has 3 nitrogen and oxygen atoms in total. The van der Waals surface area contributed by atoms with Crippen LogP contribution in [0, 0.1) is 0 Å². The van der Waals surface area contributed by atoms with E-state index in [9.17, 15) is 4.79 Å². The van der Waals surface area contributed by atoms with Crippen molar-refractivity contribution in [3.05, 3.63) is 52.0 Å². The minimum atomic E-state index is -0.117. The van der Waals surface area contributed by atoms with Gasteiger partial charge in [-0.1, -0.05) is 25.5 Å². The number of pyridine rings is 1. The number of hydrogen-bond acceptors (Lipinski definition) is 2. The molecule has 1 aromatic carbocycles. The summed E-state index contributed by atoms with van der Waals surface area (Å²) in [5.74, 6) is 0. The first-order valence-corrected chi connectivity index (χ1v) is 6.78. The molecule has 2 heterocycles. The van der Waals surface area contributed by atoms with Crippen LogP contribution in [0.1, 0.15) is 43.5 Å². The third kappa shape index (κ3) is 2.05. The molecular formula is C16H17NO2. The van der Waals surface area contributed by atoms with E-state index in [2.05, 4.69) is 11.9 Å². The van der Waals surface area contributed by atoms with Crippen molar-refractivity contribution in [2.45, 2.75) is 32.3 Å². The first-order chi connectivity index (χ1) is 9.31. The van der Waals surface area contributed by atoms with Gasteiger partial charge in [-0.05, 0) is 31.1 Å². The van der Waals surface area contributed by atoms with Gasteiger partial charge in [-0.3, -0.25) is 4.79 Å². The van der Waals surface area contributed by atoms with Gasteiger partial charge in [0.2, 0.25) is 0 Å². The van der Waals surface area contributed by atoms with Crippen LogP contribution in [0.5, 0.6) is 0 Å². The second-order valence-electron chi connectivity index (χ2n) is 4.90. The number of H-pyrrole nitrogens is 1. The highest BCUT2D eigenvalue weighted by molar-refractivity contribution is 5.81. The number of benzene rings is 1. The van der Waals surface area contributed by atoms with E-state index in [4.69, 9.17) is 4.74 Å². The minimum Gasteiger partial charge on any atom is -0.493 e. The molecule has 0 bridgehead atoms. The fourth-order valence-corrected chi connectivity index (χ4v) is 2.59. The van der Waals surface area contributed by atoms with E-state index in [0.717, 1.165) is 41.4 Å². The quantitative estimate of drug-likeness (QED) is 0.907. The largest absolute Gasteiger partial charge is 0.493 e. The first-order valence-electron chi connectivity index (χ1n) is 6.78. The molecule has 98 valence electrons. The molecule has 0 saturated heterocycles. The van der Waals surface area contributed by atoms with Crippen LogP contribution < -0.4 is 5.43 Å². The topological polar surface area (TPSA) is 42.1 Å². The average Bonchev–Trinajstić information content (AvgIpc) is 2.45. The average molecular weight is 255 g/mol. The predicted octanol–water partition coefficient (Wildman–Crippen LogP) is 3.76. The molecule has 19 heavy (non-hydrogen) atoms. The van der Waals surface area contributed by atoms with E-state index in [1.54, 1.807) is 6.26 Å². The Morgan fingerprint density at radius 1 is 1.32 bits per heavy atom. The Hall–Kier alpha value is -2.03. The van der Waals surface area contributed by atoms with Crippen LogP contribution in [0.3, 0.4) is 0 Å². The second kappa shape index (κ2) is 4.92. The minimum absolute atomic E-state index is 0.0924. The van der Waals surface area contributed by atoms with Crippen LogP contribution in [0.15, 0.2) is 35.3 Å². The van der Waals surface area contributed by atoms with E-state index in [1.807, 2.05) is 30.3 Å². The lowest BCUT2D eigenvalue weighted by atomic mass is 9.98. The molecule has 0 radical (unpaired) electrons. The van der Waals surface area contributed by atoms with E-state index in [-0.39, 0.29) is 11.5 Å². The Labute approximate surface area is 111 Å². The highest BCUT2D eigenvalue weighted by Gasteiger charge is 2.23. The molecule has 0 amide bonds. The molecule has 1 aliphatic heterocycles. The fraction of sp³-hybridized carbons (Fsp3) is 0.312. The van der Waals surface area contributed by atoms with Crippen LogP contribution in [0.25, 0.3) is 17.0 Å². The lowest BCUT2D eigenvalue weighted by Crippen LogP contribution is -2.20. The van der Waals surface area contributed by atoms with E-state index in [1.165, 1.54) is 0 Å². The number of para-hydroxylation sites is 1. The molecule has 0 saturated carbocycles. The molecule has 1 atom stereocenters. The zero-order chi connectivity index (χ0) is 13.2. The third-order valence-electron chi connectivity index (χ3n) is 3.60. The molecule has 0 fully saturated rings. The number of unbranched alkanes of at least 4 members (excludes halogenated alkanes) is 1. The molecule has 3 heteroatoms. The summed E-state index contributed by atoms with van der Waals surface area (Å²) in [6, 6.07) is 7.62. The van der Waals surface area contributed by atoms with Crippen LogP contribution in [0.4, 0.5) is 0 Å². The van der Waals surface area contributed by atoms with Gasteiger partial charge in [0.25, 0.3) is 0 Å². The van der Waals surface area contributed by atoms with E-state index in [0.29, 0.717) is 0 Å². The van der Waals surface area contributed by atoms with Gasteiger partial charge in [0.05, 0.1) is 17.5 Å². The Morgan fingerprint density at radius 2 is 2.16 bits per heavy atom. The van der Waals surface area contributed by atoms with Gasteiger partial charge < -0.3 is 9.72 Å². The predicted molar refractivity (Wildman–Crippen MR) is 77.0 cm³/mol. The van der Waals surface area contributed by atoms with Gasteiger partial charge in [-0.25, -0.2) is 0 Å². The summed E-state index contributed by atoms with van der Waals surface area (Å²) < 4.78 is 5.64. The van der Waals surface area contributed by atoms with Crippen LogP contribution >= 0.6 is 0 Å². The SMILES string of the molecule is CCCCC1OC=Cc2[nH]c3ccccc3c(=O)c21. The third-order valence-corrected chi connectivity index (χ3v) is 3.60. The van der Waals surface area contributed by atoms with Gasteiger partial charge in [0, 0.05) is 10.9 Å². The molecule has 0 spiro atoms. The number of hydrogen-bond donors (Lipinski definition) is 1. The van der Waals surface area contributed by atoms with E-state index < -0.39 is 0 Å². The highest BCUT2D eigenvalue weighted by atomic mass is 16.5. The molecule has 1 N–H and O–H groups in total. The molecule has 1 aromatic heterocycles. The second-order valence-corrected chi connectivity index (χ2v) is 4.90. The monoisotopic (exact) mass is 255 g/mol. The van der Waals surface area contributed by atoms with Gasteiger partial charge >= 0.3 is 0 Å². The lowest BCUT2D eigenvalue weighted by molar-refractivity contribution is 0.131. The maximum Gasteiger partial charge on any atom is 0.196 e. The van der Waals surface area contributed by atoms with Crippen molar-refractivity contribution in [1.82, 2.24) is 4.98 Å². The summed E-state index contributed by atoms with van der Waals surface area (Å²) in [5, 5.41) is 0.738. The van der Waals surface area contributed by atoms with Crippen molar-refractivity contribution in [3.8, 4) is 0 Å². The van der Waals surface area contributed by atoms with Crippen molar-refractivity contribution in [2.75, 3.05) is 0 Å². The molecule has 2 aromatic rings. The maximum atomic E-state index is 12.6. The Balaban J connectivity index is 2.18. The Bertz CT molecular complexity index is 685. The lowest BCUT2D eigenvalue weighted by Gasteiger charge is -2.22. The molecule has 1 aliphatic rings. The number of rotatable bonds is 3. The standard InChI is InChI=1S/C16H17NO2/c1-2-3-8-14-15-13(9-10-19-14)17-12-7-5-4-6-11(12)16(15)18/h4-7,9-10,14H,2-3,8H2,1H3,(H,17,18). The van der Waals surface area contributed by atoms with Gasteiger partial charge in [-0.2, -0.15) is 0 Å². The van der Waals surface area contributed by atoms with Crippen molar-refractivity contribution in [1.29, 1.82) is 0 Å². The van der Waals surface area contributed by atoms with Crippen molar-refractivity contribution >= 4 is 17.0 Å². The summed E-state index contributed by atoms with van der Waals surface area (Å²) in [6.07, 6.45) is 6.45. The summed E-state index contributed by atoms with van der Waals surface area (Å²) in [5.41, 5.74) is 2.63. The summed E-state index contributed by atoms with van der Waals surface area (Å²) in [4.78, 5) is 15.9. The van der Waals surface area contributed by atoms with Gasteiger partial charge in [-0.15, -0.1) is 0 Å². The first kappa shape index (κ1) is 12.0. The van der Waals surface area contributed by atoms with Crippen LogP contribution in [-0.4, -0.2) is 4.98 Å². The Kier molecular flexibility index (Phi) is 3.11. The van der Waals surface area contributed by atoms with Crippen molar-refractivity contribution in [2.24, 2.45) is 0 Å². The summed E-state index contributed by atoms with van der Waals surface area (Å²) in [6.45, 7) is 2.14. The summed E-state index contributed by atoms with van der Waals surface area (Å²) in [7, 11) is 0. The normalized spacial score (nSPS) is 17.2. The number of aromatic nitrogens is 1. The number of fused-ring (bicyclic) bond motifs is 2. The molecule has 1 unspecified atom stereocenters. The Morgan fingerprint density at radius 3 is 3.00 bits per heavy atom. The van der Waals surface area contributed by atoms with Gasteiger partial charge in [0.1, 0.15) is 6.10 Å². The van der Waals surface area contributed by atoms with Crippen LogP contribution in [0.2, 0.25) is 0 Å². The zero-order valence-corrected chi connectivity index (χ0v) is 11.0. The number of aromatic amines is 1. The molecule has 3 rings (SSSR count). The van der Waals surface area contributed by atoms with Crippen LogP contribution in [-0.2, 0) is 4.74 Å². The summed E-state index contributed by atoms with van der Waals surface area (Å²) >= 11 is 0. The highest BCUT2D eigenvalue weighted by Crippen LogP contribution is 2.29. The van der Waals surface area contributed by atoms with Gasteiger partial charge in [0.15, 0.2) is 5.43 Å². The van der Waals surface area contributed by atoms with Crippen molar-refractivity contribution < 1.29 is 4.74 Å². The number of ether oxygens (including phenoxy) is 1. The molecule has 0 aliphatic carbocycles. The molecular weight excluding hydrogens is 238 g/mol. The smallest absolute Gasteiger partial charge is 0.196 e. The van der Waals surface area contributed by atoms with Crippen molar-refractivity contribution in [3.63, 3.8) is 0 Å². The zero-order valence-electron chi connectivity index (χ0n) is 11.0. The number of nitrogens with one attached hydrogen (secondary N) is 1. The van der Waals surface area contributed by atoms with E-state index >= 15 is 0 Å². The maximum absolute atomic E-state index is 12.6.